The van der Waals surface area contributed by atoms with E-state index in [1.807, 2.05) is 36.5 Å². The Kier molecular flexibility index (Phi) is 5.80. The lowest BCUT2D eigenvalue weighted by molar-refractivity contribution is -0.116. The molecule has 3 heterocycles. The van der Waals surface area contributed by atoms with Crippen LogP contribution in [0.4, 0.5) is 0 Å². The van der Waals surface area contributed by atoms with Gasteiger partial charge in [0.15, 0.2) is 5.82 Å². The normalized spacial score (nSPS) is 11.1. The minimum Gasteiger partial charge on any atom is -0.479 e. The zero-order valence-electron chi connectivity index (χ0n) is 16.5. The van der Waals surface area contributed by atoms with Gasteiger partial charge in [-0.1, -0.05) is 24.3 Å². The SMILES string of the molecule is COc1nccc2c(/C=C/C(=O)NCCc3ccccc3-c3ncccn3)c[nH]c12. The Bertz CT molecular complexity index is 1180. The predicted molar refractivity (Wildman–Crippen MR) is 116 cm³/mol. The highest BCUT2D eigenvalue weighted by atomic mass is 16.5. The highest BCUT2D eigenvalue weighted by Crippen LogP contribution is 2.25. The number of benzene rings is 1. The summed E-state index contributed by atoms with van der Waals surface area (Å²) in [6.45, 7) is 0.513. The Balaban J connectivity index is 1.39. The minimum absolute atomic E-state index is 0.154. The third-order valence-corrected chi connectivity index (χ3v) is 4.72. The first kappa shape index (κ1) is 19.3. The molecule has 0 atom stereocenters. The second-order valence-electron chi connectivity index (χ2n) is 6.59. The number of carbonyl (C=O) groups is 1. The average Bonchev–Trinajstić information content (AvgIpc) is 3.22. The van der Waals surface area contributed by atoms with Gasteiger partial charge < -0.3 is 15.0 Å². The molecule has 1 aromatic carbocycles. The third kappa shape index (κ3) is 4.20. The molecule has 0 fully saturated rings. The van der Waals surface area contributed by atoms with Crippen molar-refractivity contribution in [3.63, 3.8) is 0 Å². The van der Waals surface area contributed by atoms with E-state index in [-0.39, 0.29) is 5.91 Å². The highest BCUT2D eigenvalue weighted by Gasteiger charge is 2.08. The van der Waals surface area contributed by atoms with Crippen molar-refractivity contribution in [3.8, 4) is 17.3 Å². The fourth-order valence-electron chi connectivity index (χ4n) is 3.28. The first-order chi connectivity index (χ1) is 14.8. The molecule has 0 saturated carbocycles. The summed E-state index contributed by atoms with van der Waals surface area (Å²) < 4.78 is 5.25. The van der Waals surface area contributed by atoms with Gasteiger partial charge in [-0.25, -0.2) is 15.0 Å². The first-order valence-corrected chi connectivity index (χ1v) is 9.57. The average molecular weight is 399 g/mol. The lowest BCUT2D eigenvalue weighted by Crippen LogP contribution is -2.23. The van der Waals surface area contributed by atoms with Gasteiger partial charge in [-0.2, -0.15) is 0 Å². The Labute approximate surface area is 173 Å². The third-order valence-electron chi connectivity index (χ3n) is 4.72. The van der Waals surface area contributed by atoms with Crippen LogP contribution in [0.1, 0.15) is 11.1 Å². The number of fused-ring (bicyclic) bond motifs is 1. The Morgan fingerprint density at radius 1 is 1.10 bits per heavy atom. The van der Waals surface area contributed by atoms with Gasteiger partial charge in [0.25, 0.3) is 0 Å². The lowest BCUT2D eigenvalue weighted by atomic mass is 10.0. The van der Waals surface area contributed by atoms with Crippen molar-refractivity contribution in [1.29, 1.82) is 0 Å². The van der Waals surface area contributed by atoms with Gasteiger partial charge in [0, 0.05) is 53.9 Å². The summed E-state index contributed by atoms with van der Waals surface area (Å²) in [4.78, 5) is 28.2. The number of pyridine rings is 1. The maximum absolute atomic E-state index is 12.3. The number of nitrogens with one attached hydrogen (secondary N) is 2. The second-order valence-corrected chi connectivity index (χ2v) is 6.59. The number of hydrogen-bond donors (Lipinski definition) is 2. The fourth-order valence-corrected chi connectivity index (χ4v) is 3.28. The van der Waals surface area contributed by atoms with E-state index in [0.29, 0.717) is 24.7 Å². The second kappa shape index (κ2) is 9.00. The van der Waals surface area contributed by atoms with Gasteiger partial charge >= 0.3 is 0 Å². The molecule has 30 heavy (non-hydrogen) atoms. The molecular formula is C23H21N5O2. The van der Waals surface area contributed by atoms with E-state index in [9.17, 15) is 4.79 Å². The van der Waals surface area contributed by atoms with Crippen molar-refractivity contribution in [2.45, 2.75) is 6.42 Å². The topological polar surface area (TPSA) is 92.8 Å². The lowest BCUT2D eigenvalue weighted by Gasteiger charge is -2.08. The van der Waals surface area contributed by atoms with Crippen molar-refractivity contribution < 1.29 is 9.53 Å². The van der Waals surface area contributed by atoms with Gasteiger partial charge in [-0.05, 0) is 30.2 Å². The number of aromatic nitrogens is 4. The fraction of sp³-hybridized carbons (Fsp3) is 0.130. The number of H-pyrrole nitrogens is 1. The van der Waals surface area contributed by atoms with Crippen molar-refractivity contribution in [3.05, 3.63) is 78.4 Å². The summed E-state index contributed by atoms with van der Waals surface area (Å²) in [5, 5.41) is 3.88. The van der Waals surface area contributed by atoms with Crippen LogP contribution in [0, 0.1) is 0 Å². The van der Waals surface area contributed by atoms with E-state index < -0.39 is 0 Å². The van der Waals surface area contributed by atoms with Gasteiger partial charge in [0.2, 0.25) is 11.8 Å². The maximum atomic E-state index is 12.3. The molecule has 0 bridgehead atoms. The van der Waals surface area contributed by atoms with Crippen molar-refractivity contribution >= 4 is 22.9 Å². The summed E-state index contributed by atoms with van der Waals surface area (Å²) in [5.41, 5.74) is 3.76. The number of hydrogen-bond acceptors (Lipinski definition) is 5. The summed E-state index contributed by atoms with van der Waals surface area (Å²) in [7, 11) is 1.58. The van der Waals surface area contributed by atoms with Gasteiger partial charge in [-0.15, -0.1) is 0 Å². The molecule has 1 amide bonds. The molecule has 3 aromatic heterocycles. The Morgan fingerprint density at radius 3 is 2.77 bits per heavy atom. The van der Waals surface area contributed by atoms with Crippen LogP contribution in [0.3, 0.4) is 0 Å². The van der Waals surface area contributed by atoms with Crippen molar-refractivity contribution in [2.24, 2.45) is 0 Å². The Hall–Kier alpha value is -4.00. The molecule has 2 N–H and O–H groups in total. The monoisotopic (exact) mass is 399 g/mol. The highest BCUT2D eigenvalue weighted by molar-refractivity contribution is 5.97. The van der Waals surface area contributed by atoms with Crippen LogP contribution in [-0.2, 0) is 11.2 Å². The number of nitrogens with zero attached hydrogens (tertiary/aromatic N) is 3. The molecule has 0 spiro atoms. The van der Waals surface area contributed by atoms with Crippen LogP contribution < -0.4 is 10.1 Å². The summed E-state index contributed by atoms with van der Waals surface area (Å²) in [6.07, 6.45) is 10.9. The predicted octanol–water partition coefficient (Wildman–Crippen LogP) is 3.40. The number of rotatable bonds is 7. The van der Waals surface area contributed by atoms with Crippen LogP contribution in [0.5, 0.6) is 5.88 Å². The molecule has 0 radical (unpaired) electrons. The van der Waals surface area contributed by atoms with E-state index in [2.05, 4.69) is 25.3 Å². The largest absolute Gasteiger partial charge is 0.479 e. The maximum Gasteiger partial charge on any atom is 0.244 e. The quantitative estimate of drug-likeness (QED) is 0.465. The number of amides is 1. The number of carbonyl (C=O) groups excluding carboxylic acids is 1. The molecule has 0 aliphatic carbocycles. The minimum atomic E-state index is -0.154. The van der Waals surface area contributed by atoms with E-state index in [1.165, 1.54) is 6.08 Å². The molecule has 0 aliphatic rings. The first-order valence-electron chi connectivity index (χ1n) is 9.57. The molecule has 7 heteroatoms. The molecular weight excluding hydrogens is 378 g/mol. The zero-order valence-corrected chi connectivity index (χ0v) is 16.5. The van der Waals surface area contributed by atoms with E-state index in [4.69, 9.17) is 4.74 Å². The molecule has 0 saturated heterocycles. The Morgan fingerprint density at radius 2 is 1.93 bits per heavy atom. The summed E-state index contributed by atoms with van der Waals surface area (Å²) >= 11 is 0. The molecule has 4 aromatic rings. The summed E-state index contributed by atoms with van der Waals surface area (Å²) in [5.74, 6) is 1.06. The number of ether oxygens (including phenoxy) is 1. The number of aromatic amines is 1. The van der Waals surface area contributed by atoms with Crippen molar-refractivity contribution in [2.75, 3.05) is 13.7 Å². The van der Waals surface area contributed by atoms with Crippen LogP contribution in [0.15, 0.2) is 67.3 Å². The standard InChI is InChI=1S/C23H21N5O2/c1-30-23-21-18(10-14-27-23)17(15-28-21)7-8-20(29)24-13-9-16-5-2-3-6-19(16)22-25-11-4-12-26-22/h2-8,10-12,14-15,28H,9,13H2,1H3,(H,24,29)/b8-7+. The molecule has 0 aliphatic heterocycles. The van der Waals surface area contributed by atoms with Crippen LogP contribution in [-0.4, -0.2) is 39.5 Å². The summed E-state index contributed by atoms with van der Waals surface area (Å²) in [6, 6.07) is 11.6. The zero-order chi connectivity index (χ0) is 20.8. The van der Waals surface area contributed by atoms with Gasteiger partial charge in [0.05, 0.1) is 7.11 Å². The van der Waals surface area contributed by atoms with Gasteiger partial charge in [0.1, 0.15) is 5.52 Å². The van der Waals surface area contributed by atoms with Crippen LogP contribution in [0.2, 0.25) is 0 Å². The van der Waals surface area contributed by atoms with E-state index in [0.717, 1.165) is 27.6 Å². The smallest absolute Gasteiger partial charge is 0.244 e. The van der Waals surface area contributed by atoms with Crippen LogP contribution >= 0.6 is 0 Å². The molecule has 0 unspecified atom stereocenters. The number of methoxy groups -OCH3 is 1. The molecule has 7 nitrogen and oxygen atoms in total. The molecule has 150 valence electrons. The van der Waals surface area contributed by atoms with Gasteiger partial charge in [-0.3, -0.25) is 4.79 Å². The van der Waals surface area contributed by atoms with E-state index >= 15 is 0 Å². The molecule has 4 rings (SSSR count). The van der Waals surface area contributed by atoms with Crippen LogP contribution in [0.25, 0.3) is 28.4 Å². The van der Waals surface area contributed by atoms with E-state index in [1.54, 1.807) is 37.8 Å². The van der Waals surface area contributed by atoms with Crippen molar-refractivity contribution in [1.82, 2.24) is 25.3 Å².